The number of nitrogens with one attached hydrogen (secondary N) is 1. The third kappa shape index (κ3) is 4.43. The lowest BCUT2D eigenvalue weighted by Gasteiger charge is -2.11. The van der Waals surface area contributed by atoms with Crippen LogP contribution in [0.15, 0.2) is 18.2 Å². The summed E-state index contributed by atoms with van der Waals surface area (Å²) >= 11 is 11.6. The molecule has 0 radical (unpaired) electrons. The van der Waals surface area contributed by atoms with Crippen molar-refractivity contribution in [1.29, 1.82) is 0 Å². The molecule has 0 atom stereocenters. The lowest BCUT2D eigenvalue weighted by atomic mass is 10.2. The van der Waals surface area contributed by atoms with Gasteiger partial charge in [0.1, 0.15) is 6.29 Å². The Labute approximate surface area is 149 Å². The van der Waals surface area contributed by atoms with E-state index in [4.69, 9.17) is 27.9 Å². The molecule has 0 aliphatic carbocycles. The summed E-state index contributed by atoms with van der Waals surface area (Å²) < 4.78 is 44.4. The maximum Gasteiger partial charge on any atom is 0.416 e. The van der Waals surface area contributed by atoms with Crippen molar-refractivity contribution in [2.24, 2.45) is 0 Å². The average molecular weight is 396 g/mol. The number of carbonyl (C=O) groups is 2. The number of hydrogen-bond acceptors (Lipinski definition) is 4. The molecule has 11 heteroatoms. The molecule has 25 heavy (non-hydrogen) atoms. The zero-order valence-corrected chi connectivity index (χ0v) is 14.0. The lowest BCUT2D eigenvalue weighted by molar-refractivity contribution is -0.137. The van der Waals surface area contributed by atoms with Crippen LogP contribution >= 0.6 is 23.2 Å². The van der Waals surface area contributed by atoms with Gasteiger partial charge in [0.15, 0.2) is 5.75 Å². The highest BCUT2D eigenvalue weighted by molar-refractivity contribution is 6.37. The van der Waals surface area contributed by atoms with Crippen LogP contribution in [-0.2, 0) is 11.0 Å². The Balaban J connectivity index is 2.29. The molecule has 0 spiro atoms. The van der Waals surface area contributed by atoms with Gasteiger partial charge in [-0.05, 0) is 19.1 Å². The topological polar surface area (TPSA) is 73.2 Å². The molecule has 0 aliphatic heterocycles. The van der Waals surface area contributed by atoms with Crippen molar-refractivity contribution < 1.29 is 27.5 Å². The number of alkyl halides is 3. The van der Waals surface area contributed by atoms with Gasteiger partial charge in [0.25, 0.3) is 0 Å². The number of amides is 1. The third-order valence-corrected chi connectivity index (χ3v) is 3.49. The molecule has 1 heterocycles. The van der Waals surface area contributed by atoms with Crippen molar-refractivity contribution in [3.05, 3.63) is 39.5 Å². The molecule has 0 bridgehead atoms. The minimum atomic E-state index is -4.61. The van der Waals surface area contributed by atoms with Crippen molar-refractivity contribution in [3.8, 4) is 11.6 Å². The Kier molecular flexibility index (Phi) is 5.58. The first kappa shape index (κ1) is 19.1. The monoisotopic (exact) mass is 395 g/mol. The number of halogens is 5. The zero-order chi connectivity index (χ0) is 18.8. The third-order valence-electron chi connectivity index (χ3n) is 2.93. The molecule has 1 aromatic carbocycles. The second-order valence-corrected chi connectivity index (χ2v) is 5.57. The summed E-state index contributed by atoms with van der Waals surface area (Å²) in [6.45, 7) is 1.33. The molecular weight excluding hydrogens is 386 g/mol. The van der Waals surface area contributed by atoms with Gasteiger partial charge in [0.2, 0.25) is 5.88 Å². The van der Waals surface area contributed by atoms with E-state index in [0.29, 0.717) is 24.1 Å². The van der Waals surface area contributed by atoms with Crippen LogP contribution in [0.3, 0.4) is 0 Å². The number of carbonyl (C=O) groups excluding carboxylic acids is 2. The Bertz CT molecular complexity index is 798. The quantitative estimate of drug-likeness (QED) is 0.791. The standard InChI is InChI=1S/C14H10Cl2F3N3O3/c1-7-4-11(21-22(7)13(24)20-2-3-23)25-12-9(15)5-8(6-10(12)16)14(17,18)19/h3-6H,2H2,1H3,(H,20,24). The Morgan fingerprint density at radius 1 is 1.32 bits per heavy atom. The summed E-state index contributed by atoms with van der Waals surface area (Å²) in [5, 5.41) is 5.39. The molecule has 0 aliphatic rings. The molecule has 0 fully saturated rings. The van der Waals surface area contributed by atoms with Crippen LogP contribution in [-0.4, -0.2) is 28.6 Å². The number of ether oxygens (including phenoxy) is 1. The van der Waals surface area contributed by atoms with Gasteiger partial charge in [-0.25, -0.2) is 4.79 Å². The van der Waals surface area contributed by atoms with E-state index >= 15 is 0 Å². The Hall–Kier alpha value is -2.26. The van der Waals surface area contributed by atoms with Crippen LogP contribution in [0.1, 0.15) is 11.3 Å². The molecule has 0 unspecified atom stereocenters. The second-order valence-electron chi connectivity index (χ2n) is 4.76. The van der Waals surface area contributed by atoms with Crippen molar-refractivity contribution in [1.82, 2.24) is 15.1 Å². The normalized spacial score (nSPS) is 11.3. The molecule has 0 saturated heterocycles. The van der Waals surface area contributed by atoms with Gasteiger partial charge in [0.05, 0.1) is 27.8 Å². The Morgan fingerprint density at radius 2 is 1.92 bits per heavy atom. The van der Waals surface area contributed by atoms with Gasteiger partial charge in [-0.15, -0.1) is 5.10 Å². The van der Waals surface area contributed by atoms with Crippen LogP contribution in [0, 0.1) is 6.92 Å². The van der Waals surface area contributed by atoms with E-state index < -0.39 is 17.8 Å². The van der Waals surface area contributed by atoms with E-state index in [1.54, 1.807) is 0 Å². The van der Waals surface area contributed by atoms with Crippen LogP contribution in [0.5, 0.6) is 11.6 Å². The Morgan fingerprint density at radius 3 is 2.44 bits per heavy atom. The van der Waals surface area contributed by atoms with Gasteiger partial charge < -0.3 is 14.8 Å². The molecule has 1 N–H and O–H groups in total. The summed E-state index contributed by atoms with van der Waals surface area (Å²) in [4.78, 5) is 22.0. The van der Waals surface area contributed by atoms with Crippen molar-refractivity contribution in [3.63, 3.8) is 0 Å². The maximum atomic E-state index is 12.7. The molecule has 6 nitrogen and oxygen atoms in total. The van der Waals surface area contributed by atoms with Crippen LogP contribution < -0.4 is 10.1 Å². The molecule has 1 aromatic heterocycles. The van der Waals surface area contributed by atoms with E-state index in [-0.39, 0.29) is 28.2 Å². The van der Waals surface area contributed by atoms with Crippen molar-refractivity contribution >= 4 is 35.5 Å². The first-order valence-corrected chi connectivity index (χ1v) is 7.41. The fourth-order valence-electron chi connectivity index (χ4n) is 1.83. The van der Waals surface area contributed by atoms with Gasteiger partial charge in [0, 0.05) is 6.07 Å². The number of rotatable bonds is 4. The summed E-state index contributed by atoms with van der Waals surface area (Å²) in [5.74, 6) is -0.336. The number of aldehydes is 1. The van der Waals surface area contributed by atoms with Crippen LogP contribution in [0.25, 0.3) is 0 Å². The van der Waals surface area contributed by atoms with Crippen LogP contribution in [0.4, 0.5) is 18.0 Å². The SMILES string of the molecule is Cc1cc(Oc2c(Cl)cc(C(F)(F)F)cc2Cl)nn1C(=O)NCC=O. The second kappa shape index (κ2) is 7.32. The minimum absolute atomic E-state index is 0.109. The van der Waals surface area contributed by atoms with Gasteiger partial charge >= 0.3 is 12.2 Å². The minimum Gasteiger partial charge on any atom is -0.434 e. The highest BCUT2D eigenvalue weighted by atomic mass is 35.5. The highest BCUT2D eigenvalue weighted by Gasteiger charge is 2.32. The molecular formula is C14H10Cl2F3N3O3. The zero-order valence-electron chi connectivity index (χ0n) is 12.5. The van der Waals surface area contributed by atoms with E-state index in [9.17, 15) is 22.8 Å². The van der Waals surface area contributed by atoms with E-state index in [2.05, 4.69) is 10.4 Å². The van der Waals surface area contributed by atoms with E-state index in [1.807, 2.05) is 0 Å². The largest absolute Gasteiger partial charge is 0.434 e. The fourth-order valence-corrected chi connectivity index (χ4v) is 2.40. The summed E-state index contributed by atoms with van der Waals surface area (Å²) in [6.07, 6.45) is -4.11. The van der Waals surface area contributed by atoms with Crippen LogP contribution in [0.2, 0.25) is 10.0 Å². The predicted octanol–water partition coefficient (Wildman–Crippen LogP) is 4.07. The smallest absolute Gasteiger partial charge is 0.416 e. The molecule has 134 valence electrons. The highest BCUT2D eigenvalue weighted by Crippen LogP contribution is 2.41. The molecule has 1 amide bonds. The van der Waals surface area contributed by atoms with Gasteiger partial charge in [-0.2, -0.15) is 17.9 Å². The van der Waals surface area contributed by atoms with Crippen molar-refractivity contribution in [2.45, 2.75) is 13.1 Å². The van der Waals surface area contributed by atoms with Crippen molar-refractivity contribution in [2.75, 3.05) is 6.54 Å². The number of aromatic nitrogens is 2. The summed E-state index contributed by atoms with van der Waals surface area (Å²) in [6, 6.07) is 2.02. The van der Waals surface area contributed by atoms with E-state index in [0.717, 1.165) is 4.68 Å². The number of aryl methyl sites for hydroxylation is 1. The average Bonchev–Trinajstić information content (AvgIpc) is 2.88. The number of nitrogens with zero attached hydrogens (tertiary/aromatic N) is 2. The van der Waals surface area contributed by atoms with Gasteiger partial charge in [-0.3, -0.25) is 0 Å². The molecule has 2 rings (SSSR count). The summed E-state index contributed by atoms with van der Waals surface area (Å²) in [5.41, 5.74) is -0.664. The molecule has 0 saturated carbocycles. The predicted molar refractivity (Wildman–Crippen MR) is 83.4 cm³/mol. The number of benzene rings is 1. The van der Waals surface area contributed by atoms with E-state index in [1.165, 1.54) is 13.0 Å². The lowest BCUT2D eigenvalue weighted by Crippen LogP contribution is -2.31. The first-order chi connectivity index (χ1) is 11.6. The van der Waals surface area contributed by atoms with Gasteiger partial charge in [-0.1, -0.05) is 23.2 Å². The summed E-state index contributed by atoms with van der Waals surface area (Å²) in [7, 11) is 0. The fraction of sp³-hybridized carbons (Fsp3) is 0.214. The maximum absolute atomic E-state index is 12.7. The first-order valence-electron chi connectivity index (χ1n) is 6.66. The molecule has 2 aromatic rings. The number of hydrogen-bond donors (Lipinski definition) is 1.